The smallest absolute Gasteiger partial charge is 0.267 e. The fraction of sp³-hybridized carbons (Fsp3) is 0.306. The Morgan fingerprint density at radius 1 is 1.04 bits per heavy atom. The highest BCUT2D eigenvalue weighted by Crippen LogP contribution is 2.41. The van der Waals surface area contributed by atoms with Crippen LogP contribution in [0.1, 0.15) is 23.2 Å². The first-order valence-corrected chi connectivity index (χ1v) is 16.5. The summed E-state index contributed by atoms with van der Waals surface area (Å²) >= 11 is 6.59. The second-order valence-corrected chi connectivity index (χ2v) is 12.1. The number of aromatic nitrogens is 1. The van der Waals surface area contributed by atoms with Gasteiger partial charge in [-0.25, -0.2) is 4.39 Å². The van der Waals surface area contributed by atoms with E-state index in [1.165, 1.54) is 41.1 Å². The van der Waals surface area contributed by atoms with Crippen LogP contribution < -0.4 is 15.6 Å². The summed E-state index contributed by atoms with van der Waals surface area (Å²) in [7, 11) is 0. The van der Waals surface area contributed by atoms with Crippen molar-refractivity contribution in [2.24, 2.45) is 4.99 Å². The predicted molar refractivity (Wildman–Crippen MR) is 181 cm³/mol. The Balaban J connectivity index is 1.04. The molecule has 3 aromatic rings. The molecule has 2 aromatic carbocycles. The van der Waals surface area contributed by atoms with E-state index in [9.17, 15) is 14.0 Å². The number of pyridine rings is 1. The summed E-state index contributed by atoms with van der Waals surface area (Å²) in [5.74, 6) is 1.72. The molecule has 7 rings (SSSR count). The minimum absolute atomic E-state index is 0.106. The van der Waals surface area contributed by atoms with E-state index in [1.54, 1.807) is 36.6 Å². The van der Waals surface area contributed by atoms with Crippen LogP contribution in [-0.2, 0) is 18.9 Å². The molecular formula is C36H34ClFN4O7. The van der Waals surface area contributed by atoms with E-state index < -0.39 is 17.3 Å². The third-order valence-electron chi connectivity index (χ3n) is 8.46. The number of halogens is 2. The van der Waals surface area contributed by atoms with Crippen LogP contribution in [-0.4, -0.2) is 80.3 Å². The molecular weight excluding hydrogens is 655 g/mol. The van der Waals surface area contributed by atoms with Gasteiger partial charge in [0.1, 0.15) is 41.9 Å². The predicted octanol–water partition coefficient (Wildman–Crippen LogP) is 5.25. The molecule has 0 spiro atoms. The van der Waals surface area contributed by atoms with Gasteiger partial charge in [0.15, 0.2) is 11.5 Å². The Morgan fingerprint density at radius 3 is 2.63 bits per heavy atom. The number of morpholine rings is 1. The summed E-state index contributed by atoms with van der Waals surface area (Å²) in [4.78, 5) is 33.3. The van der Waals surface area contributed by atoms with Crippen molar-refractivity contribution >= 4 is 29.4 Å². The number of carbonyl (C=O) groups excluding carboxylic acids is 1. The summed E-state index contributed by atoms with van der Waals surface area (Å²) in [6, 6.07) is 12.9. The van der Waals surface area contributed by atoms with Crippen molar-refractivity contribution in [2.75, 3.05) is 58.0 Å². The molecule has 49 heavy (non-hydrogen) atoms. The molecule has 4 aliphatic rings. The van der Waals surface area contributed by atoms with Gasteiger partial charge < -0.3 is 29.0 Å². The van der Waals surface area contributed by atoms with E-state index in [0.29, 0.717) is 55.0 Å². The highest BCUT2D eigenvalue weighted by atomic mass is 35.5. The maximum Gasteiger partial charge on any atom is 0.267 e. The van der Waals surface area contributed by atoms with Crippen LogP contribution >= 0.6 is 11.6 Å². The van der Waals surface area contributed by atoms with Crippen LogP contribution in [0.2, 0.25) is 5.02 Å². The van der Waals surface area contributed by atoms with Gasteiger partial charge in [-0.05, 0) is 61.0 Å². The van der Waals surface area contributed by atoms with E-state index in [-0.39, 0.29) is 22.3 Å². The molecule has 1 aliphatic carbocycles. The van der Waals surface area contributed by atoms with Gasteiger partial charge in [0.25, 0.3) is 11.5 Å². The average Bonchev–Trinajstić information content (AvgIpc) is 3.12. The fourth-order valence-corrected chi connectivity index (χ4v) is 6.24. The molecule has 13 heteroatoms. The summed E-state index contributed by atoms with van der Waals surface area (Å²) in [6.45, 7) is 5.68. The van der Waals surface area contributed by atoms with Gasteiger partial charge in [-0.15, -0.1) is 0 Å². The first-order valence-electron chi connectivity index (χ1n) is 16.1. The third-order valence-corrected chi connectivity index (χ3v) is 8.77. The molecule has 3 aliphatic heterocycles. The Bertz CT molecular complexity index is 1910. The molecule has 254 valence electrons. The van der Waals surface area contributed by atoms with E-state index in [0.717, 1.165) is 50.6 Å². The maximum atomic E-state index is 13.4. The van der Waals surface area contributed by atoms with Crippen LogP contribution in [0.4, 0.5) is 10.1 Å². The minimum Gasteiger partial charge on any atom is -0.494 e. The molecule has 1 atom stereocenters. The van der Waals surface area contributed by atoms with Gasteiger partial charge in [0.05, 0.1) is 42.1 Å². The topological polar surface area (TPSA) is 113 Å². The average molecular weight is 689 g/mol. The number of hydrogen-bond acceptors (Lipinski definition) is 9. The van der Waals surface area contributed by atoms with Crippen LogP contribution in [0, 0.1) is 5.82 Å². The first-order chi connectivity index (χ1) is 23.9. The summed E-state index contributed by atoms with van der Waals surface area (Å²) in [6.07, 6.45) is 6.34. The van der Waals surface area contributed by atoms with Gasteiger partial charge in [0.2, 0.25) is 0 Å². The van der Waals surface area contributed by atoms with Crippen LogP contribution in [0.3, 0.4) is 0 Å². The number of hydrogen-bond donors (Lipinski definition) is 1. The fourth-order valence-electron chi connectivity index (χ4n) is 6.03. The molecule has 0 bridgehead atoms. The van der Waals surface area contributed by atoms with Gasteiger partial charge in [-0.2, -0.15) is 0 Å². The molecule has 1 unspecified atom stereocenters. The van der Waals surface area contributed by atoms with E-state index in [4.69, 9.17) is 35.3 Å². The number of nitrogens with zero attached hydrogens (tertiary/aromatic N) is 3. The van der Waals surface area contributed by atoms with Crippen LogP contribution in [0.5, 0.6) is 5.75 Å². The monoisotopic (exact) mass is 688 g/mol. The number of anilines is 1. The van der Waals surface area contributed by atoms with Gasteiger partial charge in [0, 0.05) is 50.2 Å². The number of allylic oxidation sites excluding steroid dienone is 1. The molecule has 1 N–H and O–H groups in total. The minimum atomic E-state index is -0.645. The van der Waals surface area contributed by atoms with Crippen molar-refractivity contribution in [1.82, 2.24) is 9.47 Å². The zero-order valence-electron chi connectivity index (χ0n) is 26.5. The number of carbonyl (C=O) groups is 1. The number of benzene rings is 2. The van der Waals surface area contributed by atoms with Crippen LogP contribution in [0.15, 0.2) is 105 Å². The molecule has 1 aromatic heterocycles. The summed E-state index contributed by atoms with van der Waals surface area (Å²) < 4.78 is 44.8. The lowest BCUT2D eigenvalue weighted by atomic mass is 9.91. The summed E-state index contributed by atoms with van der Waals surface area (Å²) in [5, 5.41) is 2.91. The van der Waals surface area contributed by atoms with Crippen molar-refractivity contribution in [3.05, 3.63) is 122 Å². The standard InChI is InChI=1S/C36H34ClFN4O7/c37-27-21-25(8-9-28(27)40-35(43)26-3-1-13-42(36(26)44)24-6-4-23(38)5-7-24)49-30-10-11-39-29-22-31(33-34(32(29)30)48-20-19-47-33)46-16-2-12-41-14-17-45-18-15-41/h1,3-11,13,21,29H,2,12,14-20,22H2,(H,40,43). The number of fused-ring (bicyclic) bond motifs is 2. The second-order valence-electron chi connectivity index (χ2n) is 11.7. The number of ether oxygens (including phenoxy) is 5. The number of aliphatic imine (C=N–C) groups is 1. The number of rotatable bonds is 10. The lowest BCUT2D eigenvalue weighted by molar-refractivity contribution is 0.0280. The third kappa shape index (κ3) is 7.26. The molecule has 0 saturated carbocycles. The number of nitrogens with one attached hydrogen (secondary N) is 1. The number of amides is 1. The van der Waals surface area contributed by atoms with E-state index in [2.05, 4.69) is 15.2 Å². The van der Waals surface area contributed by atoms with Crippen molar-refractivity contribution in [2.45, 2.75) is 18.9 Å². The Kier molecular flexibility index (Phi) is 9.78. The van der Waals surface area contributed by atoms with Gasteiger partial charge in [-0.1, -0.05) is 11.6 Å². The highest BCUT2D eigenvalue weighted by molar-refractivity contribution is 6.34. The van der Waals surface area contributed by atoms with Crippen molar-refractivity contribution < 1.29 is 32.9 Å². The molecule has 0 radical (unpaired) electrons. The Labute approximate surface area is 286 Å². The van der Waals surface area contributed by atoms with Crippen LogP contribution in [0.25, 0.3) is 5.69 Å². The normalized spacial score (nSPS) is 18.9. The summed E-state index contributed by atoms with van der Waals surface area (Å²) in [5.41, 5.74) is 0.805. The molecule has 11 nitrogen and oxygen atoms in total. The zero-order valence-corrected chi connectivity index (χ0v) is 27.3. The van der Waals surface area contributed by atoms with E-state index in [1.807, 2.05) is 0 Å². The SMILES string of the molecule is O=C(Nc1ccc(OC2=CC=NC3CC(OCCCN4CCOCC4)=C4OCCOC4=C23)cc1Cl)c1cccn(-c2ccc(F)cc2)c1=O. The largest absolute Gasteiger partial charge is 0.494 e. The maximum absolute atomic E-state index is 13.4. The Hall–Kier alpha value is -4.91. The van der Waals surface area contributed by atoms with Gasteiger partial charge >= 0.3 is 0 Å². The number of dihydropyridines is 1. The van der Waals surface area contributed by atoms with Gasteiger partial charge in [-0.3, -0.25) is 24.0 Å². The molecule has 1 amide bonds. The molecule has 4 heterocycles. The second kappa shape index (κ2) is 14.7. The quantitative estimate of drug-likeness (QED) is 0.288. The zero-order chi connectivity index (χ0) is 33.7. The first kappa shape index (κ1) is 32.6. The lowest BCUT2D eigenvalue weighted by Gasteiger charge is -2.34. The van der Waals surface area contributed by atoms with Crippen molar-refractivity contribution in [1.29, 1.82) is 0 Å². The van der Waals surface area contributed by atoms with Crippen molar-refractivity contribution in [3.8, 4) is 11.4 Å². The van der Waals surface area contributed by atoms with E-state index >= 15 is 0 Å². The molecule has 2 fully saturated rings. The highest BCUT2D eigenvalue weighted by Gasteiger charge is 2.38. The Morgan fingerprint density at radius 2 is 1.84 bits per heavy atom. The van der Waals surface area contributed by atoms with Crippen molar-refractivity contribution in [3.63, 3.8) is 0 Å². The lowest BCUT2D eigenvalue weighted by Crippen LogP contribution is -2.37. The molecule has 2 saturated heterocycles.